The van der Waals surface area contributed by atoms with Crippen LogP contribution in [0.2, 0.25) is 0 Å². The lowest BCUT2D eigenvalue weighted by molar-refractivity contribution is -0.0823. The van der Waals surface area contributed by atoms with Crippen molar-refractivity contribution in [2.24, 2.45) is 5.73 Å². The highest BCUT2D eigenvalue weighted by molar-refractivity contribution is 8.07. The summed E-state index contributed by atoms with van der Waals surface area (Å²) in [6, 6.07) is 0. The predicted molar refractivity (Wildman–Crippen MR) is 174 cm³/mol. The smallest absolute Gasteiger partial charge is 0.431 e. The molecule has 48 heavy (non-hydrogen) atoms. The Kier molecular flexibility index (Phi) is 8.62. The van der Waals surface area contributed by atoms with Gasteiger partial charge in [-0.1, -0.05) is 0 Å². The van der Waals surface area contributed by atoms with Crippen LogP contribution in [0.15, 0.2) is 23.9 Å². The van der Waals surface area contributed by atoms with Gasteiger partial charge < -0.3 is 54.2 Å². The zero-order chi connectivity index (χ0) is 33.0. The number of fused-ring (bicyclic) bond motifs is 4. The number of hydrogen-bond donors (Lipinski definition) is 4. The van der Waals surface area contributed by atoms with Crippen LogP contribution in [0.4, 0.5) is 16.6 Å². The Bertz CT molecular complexity index is 1910. The van der Waals surface area contributed by atoms with Gasteiger partial charge in [-0.3, -0.25) is 4.57 Å². The number of anilines is 2. The Morgan fingerprint density at radius 2 is 2.00 bits per heavy atom. The number of imidazole rings is 1. The molecule has 21 heteroatoms. The third-order valence-electron chi connectivity index (χ3n) is 8.57. The van der Waals surface area contributed by atoms with E-state index in [0.29, 0.717) is 30.7 Å². The molecule has 4 aliphatic rings. The summed E-state index contributed by atoms with van der Waals surface area (Å²) in [6.45, 7) is -3.37. The molecule has 7 atom stereocenters. The van der Waals surface area contributed by atoms with Crippen LogP contribution in [-0.4, -0.2) is 102 Å². The normalized spacial score (nSPS) is 30.9. The summed E-state index contributed by atoms with van der Waals surface area (Å²) in [5.74, 6) is 1.39. The van der Waals surface area contributed by atoms with Gasteiger partial charge in [0.1, 0.15) is 47.6 Å². The first kappa shape index (κ1) is 32.0. The van der Waals surface area contributed by atoms with Crippen LogP contribution in [0.1, 0.15) is 37.3 Å². The Hall–Kier alpha value is -3.20. The molecule has 2 bridgehead atoms. The second kappa shape index (κ2) is 12.9. The van der Waals surface area contributed by atoms with Gasteiger partial charge in [0.05, 0.1) is 24.4 Å². The van der Waals surface area contributed by atoms with Crippen molar-refractivity contribution in [1.82, 2.24) is 34.1 Å². The van der Waals surface area contributed by atoms with Crippen molar-refractivity contribution >= 4 is 70.4 Å². The van der Waals surface area contributed by atoms with E-state index in [1.54, 1.807) is 22.7 Å². The molecule has 0 spiro atoms. The first-order valence-electron chi connectivity index (χ1n) is 15.5. The summed E-state index contributed by atoms with van der Waals surface area (Å²) >= 11 is 7.14. The largest absolute Gasteiger partial charge is 0.508 e. The predicted octanol–water partition coefficient (Wildman–Crippen LogP) is 1.99. The molecule has 6 N–H and O–H groups in total. The number of aryl methyl sites for hydroxylation is 1. The minimum Gasteiger partial charge on any atom is -0.431 e. The van der Waals surface area contributed by atoms with E-state index in [4.69, 9.17) is 51.3 Å². The van der Waals surface area contributed by atoms with E-state index in [1.807, 2.05) is 10.8 Å². The van der Waals surface area contributed by atoms with Gasteiger partial charge in [0.15, 0.2) is 23.8 Å². The number of nitrogens with one attached hydrogen (secondary N) is 1. The fourth-order valence-electron chi connectivity index (χ4n) is 6.46. The SMILES string of the molecule is NCCNc1nc(N)c2ncn([C@@H]3O[C@@H]4COP(O)(=S)O[C@H]5C[C@H](n6cc7c8c(ncnc86)SCCC7)O[C@@H]5COC(=O)O[C@@H]3C4)c2n1. The Balaban J connectivity index is 1.04. The maximum absolute atomic E-state index is 13.1. The average Bonchev–Trinajstić information content (AvgIpc) is 3.81. The summed E-state index contributed by atoms with van der Waals surface area (Å²) in [6.07, 6.45) is 2.07. The standard InChI is InChI=1S/C27H33N10O8PS2/c28-3-4-30-26-34-21(29)20-23(35-26)37(12-33-20)25-16-6-14(42-25)9-41-46(39,47)45-15-7-18(43-17(15)10-40-27(38)44-16)36-8-13-2-1-5-48-24-19(13)22(36)31-11-32-24/h8,11-12,14-18,25H,1-7,9-10,28H2,(H,39,47)(H3,29,30,34,35)/t14-,15-,16+,17+,18+,25+,46?/m0/s1. The number of nitrogens with two attached hydrogens (primary N) is 2. The summed E-state index contributed by atoms with van der Waals surface area (Å²) in [5, 5.41) is 4.95. The van der Waals surface area contributed by atoms with E-state index < -0.39 is 49.7 Å². The summed E-state index contributed by atoms with van der Waals surface area (Å²) in [5.41, 5.74) is 14.3. The van der Waals surface area contributed by atoms with Gasteiger partial charge in [-0.05, 0) is 36.0 Å². The molecule has 4 aliphatic heterocycles. The molecule has 1 unspecified atom stereocenters. The lowest BCUT2D eigenvalue weighted by atomic mass is 10.1. The molecule has 0 saturated carbocycles. The number of hydrogen-bond acceptors (Lipinski definition) is 17. The van der Waals surface area contributed by atoms with E-state index in [0.717, 1.165) is 40.2 Å². The van der Waals surface area contributed by atoms with Gasteiger partial charge in [-0.15, -0.1) is 11.8 Å². The summed E-state index contributed by atoms with van der Waals surface area (Å²) in [7, 11) is 0. The van der Waals surface area contributed by atoms with Crippen molar-refractivity contribution in [3.05, 3.63) is 24.4 Å². The van der Waals surface area contributed by atoms with Crippen LogP contribution < -0.4 is 16.8 Å². The maximum atomic E-state index is 13.1. The highest BCUT2D eigenvalue weighted by atomic mass is 32.5. The van der Waals surface area contributed by atoms with E-state index in [1.165, 1.54) is 6.33 Å². The van der Waals surface area contributed by atoms with E-state index >= 15 is 0 Å². The number of nitrogen functional groups attached to an aromatic ring is 1. The second-order valence-corrected chi connectivity index (χ2v) is 15.6. The fraction of sp³-hybridized carbons (Fsp3) is 0.556. The highest BCUT2D eigenvalue weighted by Gasteiger charge is 2.45. The molecule has 0 radical (unpaired) electrons. The average molecular weight is 721 g/mol. The van der Waals surface area contributed by atoms with E-state index in [9.17, 15) is 9.69 Å². The van der Waals surface area contributed by atoms with Crippen LogP contribution in [0.25, 0.3) is 22.2 Å². The van der Waals surface area contributed by atoms with Crippen LogP contribution in [0.5, 0.6) is 0 Å². The Morgan fingerprint density at radius 3 is 2.88 bits per heavy atom. The van der Waals surface area contributed by atoms with Gasteiger partial charge in [0.25, 0.3) is 0 Å². The topological polar surface area (TPSA) is 231 Å². The van der Waals surface area contributed by atoms with Crippen molar-refractivity contribution in [3.63, 3.8) is 0 Å². The van der Waals surface area contributed by atoms with Crippen molar-refractivity contribution in [2.45, 2.75) is 67.6 Å². The molecule has 0 aromatic carbocycles. The van der Waals surface area contributed by atoms with Gasteiger partial charge in [0.2, 0.25) is 5.95 Å². The molecular weight excluding hydrogens is 687 g/mol. The number of nitrogens with zero attached hydrogens (tertiary/aromatic N) is 7. The van der Waals surface area contributed by atoms with Crippen molar-refractivity contribution in [1.29, 1.82) is 0 Å². The summed E-state index contributed by atoms with van der Waals surface area (Å²) in [4.78, 5) is 46.5. The molecule has 3 saturated heterocycles. The van der Waals surface area contributed by atoms with E-state index in [-0.39, 0.29) is 31.4 Å². The number of ether oxygens (including phenoxy) is 4. The van der Waals surface area contributed by atoms with Gasteiger partial charge in [0, 0.05) is 32.1 Å². The van der Waals surface area contributed by atoms with Crippen LogP contribution in [0, 0.1) is 0 Å². The van der Waals surface area contributed by atoms with Crippen LogP contribution in [-0.2, 0) is 46.2 Å². The minimum absolute atomic E-state index is 0.128. The second-order valence-electron chi connectivity index (χ2n) is 11.7. The Labute approximate surface area is 282 Å². The maximum Gasteiger partial charge on any atom is 0.508 e. The molecule has 256 valence electrons. The molecule has 8 rings (SSSR count). The first-order chi connectivity index (χ1) is 23.3. The molecule has 4 aromatic rings. The number of carbonyl (C=O) groups is 1. The zero-order valence-electron chi connectivity index (χ0n) is 25.4. The lowest BCUT2D eigenvalue weighted by Gasteiger charge is -2.25. The van der Waals surface area contributed by atoms with Gasteiger partial charge in [-0.2, -0.15) is 9.97 Å². The lowest BCUT2D eigenvalue weighted by Crippen LogP contribution is -2.32. The number of aromatic nitrogens is 7. The number of carbonyl (C=O) groups excluding carboxylic acids is 1. The van der Waals surface area contributed by atoms with Crippen LogP contribution in [0.3, 0.4) is 0 Å². The number of cyclic esters (lactones) is 1. The third kappa shape index (κ3) is 6.09. The zero-order valence-corrected chi connectivity index (χ0v) is 27.9. The van der Waals surface area contributed by atoms with Crippen molar-refractivity contribution in [2.75, 3.05) is 43.1 Å². The van der Waals surface area contributed by atoms with Crippen molar-refractivity contribution < 1.29 is 37.7 Å². The first-order valence-corrected chi connectivity index (χ1v) is 19.0. The third-order valence-corrected chi connectivity index (χ3v) is 11.2. The number of thioether (sulfide) groups is 1. The van der Waals surface area contributed by atoms with Crippen LogP contribution >= 0.6 is 18.5 Å². The number of rotatable bonds is 5. The monoisotopic (exact) mass is 720 g/mol. The summed E-state index contributed by atoms with van der Waals surface area (Å²) < 4.78 is 39.4. The van der Waals surface area contributed by atoms with E-state index in [2.05, 4.69) is 30.2 Å². The molecular formula is C27H33N10O8PS2. The quantitative estimate of drug-likeness (QED) is 0.131. The molecule has 0 amide bonds. The molecule has 8 heterocycles. The molecule has 18 nitrogen and oxygen atoms in total. The van der Waals surface area contributed by atoms with Gasteiger partial charge in [-0.25, -0.2) is 19.7 Å². The van der Waals surface area contributed by atoms with Gasteiger partial charge >= 0.3 is 12.9 Å². The molecule has 4 aromatic heterocycles. The molecule has 3 fully saturated rings. The minimum atomic E-state index is -3.80. The Morgan fingerprint density at radius 1 is 1.10 bits per heavy atom. The molecule has 0 aliphatic carbocycles. The van der Waals surface area contributed by atoms with Crippen molar-refractivity contribution in [3.8, 4) is 0 Å². The highest BCUT2D eigenvalue weighted by Crippen LogP contribution is 2.50. The fourth-order valence-corrected chi connectivity index (χ4v) is 8.93.